The van der Waals surface area contributed by atoms with Crippen molar-refractivity contribution in [3.05, 3.63) is 33.2 Å². The van der Waals surface area contributed by atoms with Gasteiger partial charge in [-0.3, -0.25) is 0 Å². The zero-order valence-electron chi connectivity index (χ0n) is 9.94. The van der Waals surface area contributed by atoms with Gasteiger partial charge in [0.25, 0.3) is 11.7 Å². The van der Waals surface area contributed by atoms with Crippen molar-refractivity contribution in [2.45, 2.75) is 13.8 Å². The number of halogens is 1. The van der Waals surface area contributed by atoms with Crippen LogP contribution in [0, 0.1) is 10.5 Å². The van der Waals surface area contributed by atoms with Gasteiger partial charge in [0.15, 0.2) is 0 Å². The van der Waals surface area contributed by atoms with Crippen LogP contribution < -0.4 is 0 Å². The lowest BCUT2D eigenvalue weighted by atomic mass is 10.1. The van der Waals surface area contributed by atoms with Crippen molar-refractivity contribution in [1.82, 2.24) is 10.1 Å². The van der Waals surface area contributed by atoms with Crippen LogP contribution in [0.3, 0.4) is 0 Å². The molecule has 1 aromatic carbocycles. The zero-order chi connectivity index (χ0) is 13.1. The SMILES string of the molecule is CCOC(=O)c1noc(-c2cccc(C)c2I)n1. The number of rotatable bonds is 3. The first-order valence-corrected chi connectivity index (χ1v) is 6.47. The third-order valence-corrected chi connectivity index (χ3v) is 3.74. The van der Waals surface area contributed by atoms with E-state index in [-0.39, 0.29) is 12.4 Å². The fourth-order valence-electron chi connectivity index (χ4n) is 1.42. The monoisotopic (exact) mass is 358 g/mol. The Bertz CT molecular complexity index is 580. The molecular weight excluding hydrogens is 347 g/mol. The third-order valence-electron chi connectivity index (χ3n) is 2.31. The summed E-state index contributed by atoms with van der Waals surface area (Å²) < 4.78 is 10.9. The predicted molar refractivity (Wildman–Crippen MR) is 73.1 cm³/mol. The van der Waals surface area contributed by atoms with Gasteiger partial charge in [-0.15, -0.1) is 0 Å². The lowest BCUT2D eigenvalue weighted by molar-refractivity contribution is 0.0508. The molecule has 18 heavy (non-hydrogen) atoms. The molecule has 1 heterocycles. The van der Waals surface area contributed by atoms with E-state index in [9.17, 15) is 4.79 Å². The van der Waals surface area contributed by atoms with E-state index in [0.29, 0.717) is 5.89 Å². The molecule has 94 valence electrons. The standard InChI is InChI=1S/C12H11IN2O3/c1-3-17-12(16)10-14-11(18-15-10)8-6-4-5-7(2)9(8)13/h4-6H,3H2,1-2H3. The van der Waals surface area contributed by atoms with Crippen molar-refractivity contribution in [2.24, 2.45) is 0 Å². The minimum absolute atomic E-state index is 0.0517. The molecule has 0 atom stereocenters. The summed E-state index contributed by atoms with van der Waals surface area (Å²) in [7, 11) is 0. The molecule has 0 spiro atoms. The van der Waals surface area contributed by atoms with Crippen LogP contribution in [0.5, 0.6) is 0 Å². The van der Waals surface area contributed by atoms with Gasteiger partial charge in [-0.1, -0.05) is 12.1 Å². The number of benzene rings is 1. The fraction of sp³-hybridized carbons (Fsp3) is 0.250. The van der Waals surface area contributed by atoms with Crippen LogP contribution in [0.25, 0.3) is 11.5 Å². The first kappa shape index (κ1) is 13.0. The Morgan fingerprint density at radius 3 is 3.00 bits per heavy atom. The zero-order valence-corrected chi connectivity index (χ0v) is 12.1. The van der Waals surface area contributed by atoms with E-state index in [1.54, 1.807) is 6.92 Å². The minimum atomic E-state index is -0.574. The van der Waals surface area contributed by atoms with Crippen LogP contribution in [-0.4, -0.2) is 22.7 Å². The van der Waals surface area contributed by atoms with E-state index in [1.165, 1.54) is 0 Å². The highest BCUT2D eigenvalue weighted by molar-refractivity contribution is 14.1. The second kappa shape index (κ2) is 5.47. The molecule has 0 saturated carbocycles. The van der Waals surface area contributed by atoms with Gasteiger partial charge in [0.2, 0.25) is 0 Å². The summed E-state index contributed by atoms with van der Waals surface area (Å²) in [6.45, 7) is 4.00. The molecule has 1 aromatic heterocycles. The van der Waals surface area contributed by atoms with Gasteiger partial charge in [0.05, 0.1) is 12.2 Å². The average molecular weight is 358 g/mol. The Hall–Kier alpha value is -1.44. The Kier molecular flexibility index (Phi) is 3.95. The lowest BCUT2D eigenvalue weighted by Gasteiger charge is -2.01. The summed E-state index contributed by atoms with van der Waals surface area (Å²) in [5, 5.41) is 3.62. The molecule has 0 saturated heterocycles. The molecule has 0 amide bonds. The lowest BCUT2D eigenvalue weighted by Crippen LogP contribution is -2.06. The minimum Gasteiger partial charge on any atom is -0.460 e. The molecule has 6 heteroatoms. The van der Waals surface area contributed by atoms with Crippen molar-refractivity contribution < 1.29 is 14.1 Å². The number of hydrogen-bond acceptors (Lipinski definition) is 5. The van der Waals surface area contributed by atoms with E-state index in [2.05, 4.69) is 32.7 Å². The van der Waals surface area contributed by atoms with E-state index in [4.69, 9.17) is 9.26 Å². The first-order chi connectivity index (χ1) is 8.63. The van der Waals surface area contributed by atoms with E-state index >= 15 is 0 Å². The van der Waals surface area contributed by atoms with Crippen molar-refractivity contribution in [3.8, 4) is 11.5 Å². The molecule has 0 bridgehead atoms. The molecule has 0 fully saturated rings. The molecule has 0 aliphatic heterocycles. The summed E-state index contributed by atoms with van der Waals surface area (Å²) in [6.07, 6.45) is 0. The normalized spacial score (nSPS) is 10.4. The van der Waals surface area contributed by atoms with Crippen LogP contribution in [0.4, 0.5) is 0 Å². The highest BCUT2D eigenvalue weighted by Gasteiger charge is 2.18. The number of carbonyl (C=O) groups is 1. The van der Waals surface area contributed by atoms with Crippen LogP contribution >= 0.6 is 22.6 Å². The Labute approximate surface area is 118 Å². The number of aryl methyl sites for hydroxylation is 1. The van der Waals surface area contributed by atoms with Gasteiger partial charge in [-0.25, -0.2) is 4.79 Å². The third kappa shape index (κ3) is 2.53. The van der Waals surface area contributed by atoms with Gasteiger partial charge >= 0.3 is 5.97 Å². The number of esters is 1. The largest absolute Gasteiger partial charge is 0.460 e. The highest BCUT2D eigenvalue weighted by Crippen LogP contribution is 2.26. The number of aromatic nitrogens is 2. The Morgan fingerprint density at radius 1 is 1.50 bits per heavy atom. The van der Waals surface area contributed by atoms with Crippen molar-refractivity contribution in [1.29, 1.82) is 0 Å². The molecule has 0 N–H and O–H groups in total. The molecule has 2 rings (SSSR count). The summed E-state index contributed by atoms with van der Waals surface area (Å²) in [6, 6.07) is 5.77. The Balaban J connectivity index is 2.35. The molecule has 0 aliphatic carbocycles. The summed E-state index contributed by atoms with van der Waals surface area (Å²) in [5.74, 6) is -0.300. The smallest absolute Gasteiger partial charge is 0.379 e. The molecule has 0 unspecified atom stereocenters. The van der Waals surface area contributed by atoms with Crippen molar-refractivity contribution in [2.75, 3.05) is 6.61 Å². The summed E-state index contributed by atoms with van der Waals surface area (Å²) in [4.78, 5) is 15.5. The predicted octanol–water partition coefficient (Wildman–Crippen LogP) is 2.83. The quantitative estimate of drug-likeness (QED) is 0.624. The van der Waals surface area contributed by atoms with Crippen molar-refractivity contribution in [3.63, 3.8) is 0 Å². The van der Waals surface area contributed by atoms with Crippen LogP contribution in [-0.2, 0) is 4.74 Å². The molecule has 5 nitrogen and oxygen atoms in total. The Morgan fingerprint density at radius 2 is 2.28 bits per heavy atom. The van der Waals surface area contributed by atoms with Gasteiger partial charge in [-0.2, -0.15) is 4.98 Å². The average Bonchev–Trinajstić information content (AvgIpc) is 2.82. The second-order valence-electron chi connectivity index (χ2n) is 3.58. The van der Waals surface area contributed by atoms with E-state index in [0.717, 1.165) is 14.7 Å². The second-order valence-corrected chi connectivity index (χ2v) is 4.66. The maximum absolute atomic E-state index is 11.4. The summed E-state index contributed by atoms with van der Waals surface area (Å²) >= 11 is 2.21. The number of carbonyl (C=O) groups excluding carboxylic acids is 1. The van der Waals surface area contributed by atoms with Gasteiger partial charge in [-0.05, 0) is 53.2 Å². The number of nitrogens with zero attached hydrogens (tertiary/aromatic N) is 2. The van der Waals surface area contributed by atoms with E-state index < -0.39 is 5.97 Å². The molecule has 0 radical (unpaired) electrons. The number of ether oxygens (including phenoxy) is 1. The number of hydrogen-bond donors (Lipinski definition) is 0. The van der Waals surface area contributed by atoms with Crippen LogP contribution in [0.1, 0.15) is 23.1 Å². The van der Waals surface area contributed by atoms with Gasteiger partial charge in [0.1, 0.15) is 0 Å². The maximum atomic E-state index is 11.4. The maximum Gasteiger partial charge on any atom is 0.379 e. The van der Waals surface area contributed by atoms with Gasteiger partial charge < -0.3 is 9.26 Å². The molecular formula is C12H11IN2O3. The van der Waals surface area contributed by atoms with Gasteiger partial charge in [0, 0.05) is 3.57 Å². The van der Waals surface area contributed by atoms with Crippen molar-refractivity contribution >= 4 is 28.6 Å². The highest BCUT2D eigenvalue weighted by atomic mass is 127. The van der Waals surface area contributed by atoms with Crippen LogP contribution in [0.2, 0.25) is 0 Å². The van der Waals surface area contributed by atoms with E-state index in [1.807, 2.05) is 25.1 Å². The molecule has 2 aromatic rings. The topological polar surface area (TPSA) is 65.2 Å². The first-order valence-electron chi connectivity index (χ1n) is 5.39. The van der Waals surface area contributed by atoms with Crippen LogP contribution in [0.15, 0.2) is 22.7 Å². The molecule has 0 aliphatic rings. The summed E-state index contributed by atoms with van der Waals surface area (Å²) in [5.41, 5.74) is 1.93. The fourth-order valence-corrected chi connectivity index (χ4v) is 2.01.